The zero-order valence-corrected chi connectivity index (χ0v) is 11.4. The summed E-state index contributed by atoms with van der Waals surface area (Å²) in [5.74, 6) is 0.446. The molecule has 0 aromatic heterocycles. The molecule has 0 amide bonds. The average Bonchev–Trinajstić information content (AvgIpc) is 2.41. The molecule has 96 valence electrons. The lowest BCUT2D eigenvalue weighted by Crippen LogP contribution is -2.00. The number of nitrogens with zero attached hydrogens (tertiary/aromatic N) is 1. The van der Waals surface area contributed by atoms with E-state index in [1.807, 2.05) is 12.1 Å². The second-order valence-corrected chi connectivity index (χ2v) is 4.68. The van der Waals surface area contributed by atoms with Crippen molar-refractivity contribution in [2.45, 2.75) is 6.61 Å². The topological polar surface area (TPSA) is 59.0 Å². The first-order valence-electron chi connectivity index (χ1n) is 5.47. The molecule has 3 nitrogen and oxygen atoms in total. The minimum atomic E-state index is 0.242. The van der Waals surface area contributed by atoms with Crippen molar-refractivity contribution in [1.82, 2.24) is 0 Å². The third-order valence-corrected chi connectivity index (χ3v) is 3.30. The highest BCUT2D eigenvalue weighted by Crippen LogP contribution is 2.32. The molecule has 2 rings (SSSR count). The second kappa shape index (κ2) is 5.83. The first-order chi connectivity index (χ1) is 9.11. The van der Waals surface area contributed by atoms with Gasteiger partial charge in [-0.15, -0.1) is 0 Å². The predicted molar refractivity (Wildman–Crippen MR) is 76.4 cm³/mol. The molecule has 0 atom stereocenters. The van der Waals surface area contributed by atoms with Crippen molar-refractivity contribution in [3.05, 3.63) is 57.6 Å². The molecular formula is C14H10Cl2N2O. The van der Waals surface area contributed by atoms with Gasteiger partial charge < -0.3 is 10.5 Å². The maximum atomic E-state index is 8.98. The van der Waals surface area contributed by atoms with Gasteiger partial charge in [-0.25, -0.2) is 0 Å². The van der Waals surface area contributed by atoms with Crippen LogP contribution in [0.25, 0.3) is 0 Å². The first-order valence-corrected chi connectivity index (χ1v) is 6.22. The number of nitrogens with two attached hydrogens (primary N) is 1. The Kier molecular flexibility index (Phi) is 4.16. The Morgan fingerprint density at radius 1 is 1.16 bits per heavy atom. The quantitative estimate of drug-likeness (QED) is 0.869. The van der Waals surface area contributed by atoms with Crippen molar-refractivity contribution in [3.8, 4) is 11.8 Å². The van der Waals surface area contributed by atoms with Crippen LogP contribution in [0.3, 0.4) is 0 Å². The second-order valence-electron chi connectivity index (χ2n) is 3.86. The third-order valence-electron chi connectivity index (χ3n) is 2.57. The van der Waals surface area contributed by atoms with Crippen molar-refractivity contribution < 1.29 is 4.74 Å². The van der Waals surface area contributed by atoms with E-state index < -0.39 is 0 Å². The molecule has 0 radical (unpaired) electrons. The summed E-state index contributed by atoms with van der Waals surface area (Å²) in [7, 11) is 0. The van der Waals surface area contributed by atoms with Gasteiger partial charge in [0.1, 0.15) is 12.4 Å². The fourth-order valence-corrected chi connectivity index (χ4v) is 1.91. The van der Waals surface area contributed by atoms with E-state index in [-0.39, 0.29) is 6.61 Å². The van der Waals surface area contributed by atoms with E-state index in [0.717, 1.165) is 5.56 Å². The summed E-state index contributed by atoms with van der Waals surface area (Å²) in [6.45, 7) is 0.242. The number of nitriles is 1. The zero-order valence-electron chi connectivity index (χ0n) is 9.86. The SMILES string of the molecule is N#Cc1ccccc1COc1cc(Cl)c(Cl)cc1N. The summed E-state index contributed by atoms with van der Waals surface area (Å²) in [5, 5.41) is 9.74. The van der Waals surface area contributed by atoms with Gasteiger partial charge in [0, 0.05) is 11.6 Å². The monoisotopic (exact) mass is 292 g/mol. The van der Waals surface area contributed by atoms with E-state index in [9.17, 15) is 0 Å². The lowest BCUT2D eigenvalue weighted by molar-refractivity contribution is 0.307. The van der Waals surface area contributed by atoms with Gasteiger partial charge in [-0.3, -0.25) is 0 Å². The molecule has 0 aliphatic heterocycles. The lowest BCUT2D eigenvalue weighted by atomic mass is 10.1. The van der Waals surface area contributed by atoms with E-state index in [2.05, 4.69) is 6.07 Å². The van der Waals surface area contributed by atoms with Gasteiger partial charge in [0.25, 0.3) is 0 Å². The Morgan fingerprint density at radius 2 is 1.84 bits per heavy atom. The summed E-state index contributed by atoms with van der Waals surface area (Å²) in [6, 6.07) is 12.4. The van der Waals surface area contributed by atoms with E-state index >= 15 is 0 Å². The summed E-state index contributed by atoms with van der Waals surface area (Å²) in [4.78, 5) is 0. The zero-order chi connectivity index (χ0) is 13.8. The number of halogens is 2. The van der Waals surface area contributed by atoms with Gasteiger partial charge in [-0.2, -0.15) is 5.26 Å². The van der Waals surface area contributed by atoms with Crippen LogP contribution in [0.1, 0.15) is 11.1 Å². The molecule has 0 aliphatic rings. The molecule has 0 saturated heterocycles. The Labute approximate surface area is 121 Å². The molecule has 0 fully saturated rings. The molecule has 0 heterocycles. The minimum absolute atomic E-state index is 0.242. The van der Waals surface area contributed by atoms with Crippen molar-refractivity contribution in [2.75, 3.05) is 5.73 Å². The van der Waals surface area contributed by atoms with Crippen LogP contribution >= 0.6 is 23.2 Å². The van der Waals surface area contributed by atoms with E-state index in [1.54, 1.807) is 18.2 Å². The van der Waals surface area contributed by atoms with E-state index in [0.29, 0.717) is 27.0 Å². The van der Waals surface area contributed by atoms with Crippen molar-refractivity contribution in [3.63, 3.8) is 0 Å². The molecule has 0 bridgehead atoms. The normalized spacial score (nSPS) is 9.95. The van der Waals surface area contributed by atoms with Gasteiger partial charge in [-0.05, 0) is 12.1 Å². The molecule has 0 saturated carbocycles. The number of ether oxygens (including phenoxy) is 1. The van der Waals surface area contributed by atoms with Gasteiger partial charge in [0.05, 0.1) is 27.4 Å². The Bertz CT molecular complexity index is 650. The number of nitrogen functional groups attached to an aromatic ring is 1. The molecule has 5 heteroatoms. The van der Waals surface area contributed by atoms with Crippen LogP contribution in [0.5, 0.6) is 5.75 Å². The number of anilines is 1. The molecule has 0 aliphatic carbocycles. The van der Waals surface area contributed by atoms with Crippen LogP contribution in [0, 0.1) is 11.3 Å². The highest BCUT2D eigenvalue weighted by atomic mass is 35.5. The fraction of sp³-hybridized carbons (Fsp3) is 0.0714. The summed E-state index contributed by atoms with van der Waals surface area (Å²) in [6.07, 6.45) is 0. The minimum Gasteiger partial charge on any atom is -0.487 e. The van der Waals surface area contributed by atoms with E-state index in [1.165, 1.54) is 6.07 Å². The third kappa shape index (κ3) is 3.11. The van der Waals surface area contributed by atoms with Crippen LogP contribution < -0.4 is 10.5 Å². The highest BCUT2D eigenvalue weighted by molar-refractivity contribution is 6.42. The molecule has 2 aromatic carbocycles. The molecule has 19 heavy (non-hydrogen) atoms. The smallest absolute Gasteiger partial charge is 0.144 e. The Hall–Kier alpha value is -1.89. The molecule has 2 aromatic rings. The summed E-state index contributed by atoms with van der Waals surface area (Å²) in [5.41, 5.74) is 7.56. The van der Waals surface area contributed by atoms with Crippen LogP contribution in [-0.4, -0.2) is 0 Å². The Balaban J connectivity index is 2.20. The molecular weight excluding hydrogens is 283 g/mol. The maximum Gasteiger partial charge on any atom is 0.144 e. The van der Waals surface area contributed by atoms with Crippen molar-refractivity contribution in [2.24, 2.45) is 0 Å². The van der Waals surface area contributed by atoms with Crippen molar-refractivity contribution >= 4 is 28.9 Å². The van der Waals surface area contributed by atoms with Gasteiger partial charge in [0.2, 0.25) is 0 Å². The van der Waals surface area contributed by atoms with E-state index in [4.69, 9.17) is 38.9 Å². The van der Waals surface area contributed by atoms with Gasteiger partial charge in [-0.1, -0.05) is 41.4 Å². The largest absolute Gasteiger partial charge is 0.487 e. The summed E-state index contributed by atoms with van der Waals surface area (Å²) < 4.78 is 5.58. The van der Waals surface area contributed by atoms with Gasteiger partial charge in [0.15, 0.2) is 0 Å². The number of rotatable bonds is 3. The van der Waals surface area contributed by atoms with Gasteiger partial charge >= 0.3 is 0 Å². The predicted octanol–water partition coefficient (Wildman–Crippen LogP) is 4.03. The fourth-order valence-electron chi connectivity index (χ4n) is 1.58. The average molecular weight is 293 g/mol. The van der Waals surface area contributed by atoms with Crippen LogP contribution in [0.4, 0.5) is 5.69 Å². The first kappa shape index (κ1) is 13.5. The number of hydrogen-bond donors (Lipinski definition) is 1. The van der Waals surface area contributed by atoms with Crippen LogP contribution in [0.2, 0.25) is 10.0 Å². The lowest BCUT2D eigenvalue weighted by Gasteiger charge is -2.11. The highest BCUT2D eigenvalue weighted by Gasteiger charge is 2.08. The Morgan fingerprint density at radius 3 is 2.58 bits per heavy atom. The number of hydrogen-bond acceptors (Lipinski definition) is 3. The maximum absolute atomic E-state index is 8.98. The standard InChI is InChI=1S/C14H10Cl2N2O/c15-11-5-13(18)14(6-12(11)16)19-8-10-4-2-1-3-9(10)7-17/h1-6H,8,18H2. The number of benzene rings is 2. The van der Waals surface area contributed by atoms with Crippen LogP contribution in [0.15, 0.2) is 36.4 Å². The summed E-state index contributed by atoms with van der Waals surface area (Å²) >= 11 is 11.7. The molecule has 0 unspecified atom stereocenters. The van der Waals surface area contributed by atoms with Crippen LogP contribution in [-0.2, 0) is 6.61 Å². The van der Waals surface area contributed by atoms with Crippen molar-refractivity contribution in [1.29, 1.82) is 5.26 Å². The molecule has 0 spiro atoms. The molecule has 2 N–H and O–H groups in total.